The summed E-state index contributed by atoms with van der Waals surface area (Å²) in [7, 11) is 0. The molecule has 2 N–H and O–H groups in total. The van der Waals surface area contributed by atoms with E-state index < -0.39 is 11.2 Å². The summed E-state index contributed by atoms with van der Waals surface area (Å²) in [4.78, 5) is 36.4. The number of halogens is 2. The Hall–Kier alpha value is -2.98. The smallest absolute Gasteiger partial charge is 0.411 e. The van der Waals surface area contributed by atoms with Crippen molar-refractivity contribution in [3.63, 3.8) is 0 Å². The Morgan fingerprint density at radius 3 is 1.43 bits per heavy atom. The van der Waals surface area contributed by atoms with Crippen molar-refractivity contribution in [2.24, 2.45) is 0 Å². The lowest BCUT2D eigenvalue weighted by molar-refractivity contribution is 0.0114. The Morgan fingerprint density at radius 2 is 1.07 bits per heavy atom. The number of hydrogen-bond acceptors (Lipinski definition) is 4. The highest BCUT2D eigenvalue weighted by atomic mass is 79.9. The van der Waals surface area contributed by atoms with Gasteiger partial charge < -0.3 is 19.4 Å². The van der Waals surface area contributed by atoms with Gasteiger partial charge in [0.2, 0.25) is 0 Å². The molecule has 2 fully saturated rings. The highest BCUT2D eigenvalue weighted by Crippen LogP contribution is 2.49. The fourth-order valence-electron chi connectivity index (χ4n) is 7.95. The molecule has 2 aromatic carbocycles. The van der Waals surface area contributed by atoms with Gasteiger partial charge in [-0.05, 0) is 104 Å². The quantitative estimate of drug-likeness (QED) is 0.187. The third-order valence-corrected chi connectivity index (χ3v) is 10.5. The van der Waals surface area contributed by atoms with Crippen molar-refractivity contribution in [2.45, 2.75) is 115 Å². The van der Waals surface area contributed by atoms with E-state index in [2.05, 4.69) is 66.1 Å². The van der Waals surface area contributed by atoms with Crippen LogP contribution >= 0.6 is 31.9 Å². The molecular weight excluding hydrogens is 712 g/mol. The number of rotatable bonds is 0. The van der Waals surface area contributed by atoms with Crippen LogP contribution in [0.2, 0.25) is 0 Å². The first-order chi connectivity index (χ1) is 21.7. The van der Waals surface area contributed by atoms with Gasteiger partial charge in [-0.2, -0.15) is 0 Å². The van der Waals surface area contributed by atoms with Crippen molar-refractivity contribution in [2.75, 3.05) is 0 Å². The largest absolute Gasteiger partial charge is 0.444 e. The number of benzene rings is 2. The molecule has 8 nitrogen and oxygen atoms in total. The Bertz CT molecular complexity index is 1710. The number of nitrogens with zero attached hydrogens (tertiary/aromatic N) is 2. The second-order valence-electron chi connectivity index (χ2n) is 15.1. The number of carbonyl (C=O) groups is 2. The third-order valence-electron chi connectivity index (χ3n) is 9.52. The molecule has 4 aliphatic rings. The van der Waals surface area contributed by atoms with E-state index in [9.17, 15) is 9.59 Å². The highest BCUT2D eigenvalue weighted by molar-refractivity contribution is 9.10. The Balaban J connectivity index is 0.000000147. The van der Waals surface area contributed by atoms with Crippen molar-refractivity contribution in [3.8, 4) is 0 Å². The van der Waals surface area contributed by atoms with E-state index in [0.29, 0.717) is 0 Å². The summed E-state index contributed by atoms with van der Waals surface area (Å²) < 4.78 is 13.4. The minimum Gasteiger partial charge on any atom is -0.444 e. The summed E-state index contributed by atoms with van der Waals surface area (Å²) in [6.07, 6.45) is 5.52. The number of H-pyrrole nitrogens is 2. The number of nitrogens with one attached hydrogen (secondary N) is 2. The third kappa shape index (κ3) is 5.74. The average Bonchev–Trinajstić information content (AvgIpc) is 3.67. The van der Waals surface area contributed by atoms with Crippen LogP contribution in [0.15, 0.2) is 45.3 Å². The zero-order valence-corrected chi connectivity index (χ0v) is 30.5. The van der Waals surface area contributed by atoms with E-state index in [1.807, 2.05) is 63.5 Å². The second-order valence-corrected chi connectivity index (χ2v) is 16.9. The van der Waals surface area contributed by atoms with Gasteiger partial charge in [0.25, 0.3) is 0 Å². The first-order valence-corrected chi connectivity index (χ1v) is 17.9. The van der Waals surface area contributed by atoms with Gasteiger partial charge in [-0.1, -0.05) is 31.9 Å². The van der Waals surface area contributed by atoms with Gasteiger partial charge in [-0.3, -0.25) is 9.80 Å². The monoisotopic (exact) mass is 752 g/mol. The van der Waals surface area contributed by atoms with E-state index in [-0.39, 0.29) is 36.4 Å². The summed E-state index contributed by atoms with van der Waals surface area (Å²) >= 11 is 7.12. The maximum Gasteiger partial charge on any atom is 0.411 e. The molecular formula is C36H42Br2N4O4. The molecule has 4 atom stereocenters. The molecule has 2 amide bonds. The van der Waals surface area contributed by atoms with Crippen LogP contribution in [0.1, 0.15) is 102 Å². The van der Waals surface area contributed by atoms with E-state index >= 15 is 0 Å². The summed E-state index contributed by atoms with van der Waals surface area (Å²) in [5.74, 6) is 0. The number of fused-ring (bicyclic) bond motifs is 12. The number of hydrogen-bond donors (Lipinski definition) is 2. The molecule has 4 unspecified atom stereocenters. The van der Waals surface area contributed by atoms with Crippen molar-refractivity contribution < 1.29 is 19.1 Å². The lowest BCUT2D eigenvalue weighted by atomic mass is 9.97. The SMILES string of the molecule is CC(C)(C)OC(=O)N1C2CCC1c1c([nH]c3ccc(Br)cc13)C2.CC(C)(C)OC(=O)N1C2CCC1c1c([nH]c3ccc(Br)cc13)C2. The topological polar surface area (TPSA) is 90.7 Å². The molecule has 0 radical (unpaired) electrons. The van der Waals surface area contributed by atoms with Crippen LogP contribution in [0, 0.1) is 0 Å². The van der Waals surface area contributed by atoms with Gasteiger partial charge >= 0.3 is 12.2 Å². The van der Waals surface area contributed by atoms with Gasteiger partial charge in [-0.15, -0.1) is 0 Å². The molecule has 4 aliphatic heterocycles. The molecule has 2 saturated heterocycles. The predicted octanol–water partition coefficient (Wildman–Crippen LogP) is 9.85. The molecule has 8 rings (SSSR count). The number of aromatic amines is 2. The number of aromatic nitrogens is 2. The number of carbonyl (C=O) groups excluding carboxylic acids is 2. The summed E-state index contributed by atoms with van der Waals surface area (Å²) in [5, 5.41) is 2.43. The van der Waals surface area contributed by atoms with Crippen molar-refractivity contribution in [3.05, 3.63) is 67.9 Å². The lowest BCUT2D eigenvalue weighted by Gasteiger charge is -2.36. The molecule has 10 heteroatoms. The molecule has 0 saturated carbocycles. The van der Waals surface area contributed by atoms with Crippen LogP contribution in [0.3, 0.4) is 0 Å². The van der Waals surface area contributed by atoms with Crippen molar-refractivity contribution >= 4 is 65.9 Å². The van der Waals surface area contributed by atoms with Crippen LogP contribution in [0.4, 0.5) is 9.59 Å². The molecule has 4 bridgehead atoms. The summed E-state index contributed by atoms with van der Waals surface area (Å²) in [6, 6.07) is 13.4. The zero-order valence-electron chi connectivity index (χ0n) is 27.3. The minimum absolute atomic E-state index is 0.127. The van der Waals surface area contributed by atoms with Crippen LogP contribution in [-0.4, -0.2) is 55.2 Å². The fourth-order valence-corrected chi connectivity index (χ4v) is 8.67. The van der Waals surface area contributed by atoms with Crippen LogP contribution in [0.25, 0.3) is 21.8 Å². The van der Waals surface area contributed by atoms with E-state index in [1.54, 1.807) is 0 Å². The molecule has 244 valence electrons. The molecule has 4 aromatic rings. The zero-order chi connectivity index (χ0) is 32.7. The second kappa shape index (κ2) is 11.3. The van der Waals surface area contributed by atoms with E-state index in [4.69, 9.17) is 9.47 Å². The fraction of sp³-hybridized carbons (Fsp3) is 0.500. The van der Waals surface area contributed by atoms with Gasteiger partial charge in [0, 0.05) is 78.2 Å². The molecule has 2 aromatic heterocycles. The predicted molar refractivity (Wildman–Crippen MR) is 187 cm³/mol. The van der Waals surface area contributed by atoms with E-state index in [1.165, 1.54) is 33.3 Å². The standard InChI is InChI=1S/2C18H21BrN2O2/c2*1-18(2,3)23-17(22)21-11-5-7-15(21)16-12-8-10(19)4-6-13(12)20-14(16)9-11/h2*4,6,8,11,15,20H,5,7,9H2,1-3H3. The minimum atomic E-state index is -0.458. The Labute approximate surface area is 286 Å². The highest BCUT2D eigenvalue weighted by Gasteiger charge is 2.47. The maximum atomic E-state index is 12.7. The van der Waals surface area contributed by atoms with Crippen molar-refractivity contribution in [1.29, 1.82) is 0 Å². The molecule has 6 heterocycles. The lowest BCUT2D eigenvalue weighted by Crippen LogP contribution is -2.44. The van der Waals surface area contributed by atoms with Crippen LogP contribution < -0.4 is 0 Å². The summed E-state index contributed by atoms with van der Waals surface area (Å²) in [5.41, 5.74) is 6.50. The summed E-state index contributed by atoms with van der Waals surface area (Å²) in [6.45, 7) is 11.5. The molecule has 0 spiro atoms. The number of amides is 2. The van der Waals surface area contributed by atoms with Crippen LogP contribution in [0.5, 0.6) is 0 Å². The van der Waals surface area contributed by atoms with E-state index in [0.717, 1.165) is 58.5 Å². The van der Waals surface area contributed by atoms with Gasteiger partial charge in [0.05, 0.1) is 12.1 Å². The van der Waals surface area contributed by atoms with Crippen molar-refractivity contribution in [1.82, 2.24) is 19.8 Å². The van der Waals surface area contributed by atoms with Gasteiger partial charge in [0.1, 0.15) is 11.2 Å². The maximum absolute atomic E-state index is 12.7. The first kappa shape index (κ1) is 31.6. The molecule has 0 aliphatic carbocycles. The normalized spacial score (nSPS) is 23.2. The Morgan fingerprint density at radius 1 is 0.674 bits per heavy atom. The average molecular weight is 755 g/mol. The van der Waals surface area contributed by atoms with Gasteiger partial charge in [-0.25, -0.2) is 9.59 Å². The Kier molecular flexibility index (Phi) is 7.78. The first-order valence-electron chi connectivity index (χ1n) is 16.3. The van der Waals surface area contributed by atoms with Gasteiger partial charge in [0.15, 0.2) is 0 Å². The van der Waals surface area contributed by atoms with Crippen LogP contribution in [-0.2, 0) is 22.3 Å². The number of ether oxygens (including phenoxy) is 2. The molecule has 46 heavy (non-hydrogen) atoms.